The highest BCUT2D eigenvalue weighted by Crippen LogP contribution is 2.45. The van der Waals surface area contributed by atoms with E-state index in [4.69, 9.17) is 4.74 Å². The zero-order valence-corrected chi connectivity index (χ0v) is 15.5. The highest BCUT2D eigenvalue weighted by molar-refractivity contribution is 5.91. The zero-order chi connectivity index (χ0) is 18.5. The predicted molar refractivity (Wildman–Crippen MR) is 107 cm³/mol. The Labute approximate surface area is 157 Å². The number of cyclic esters (lactones) is 1. The summed E-state index contributed by atoms with van der Waals surface area (Å²) in [6, 6.07) is 16.7. The second-order valence-corrected chi connectivity index (χ2v) is 7.46. The minimum Gasteiger partial charge on any atom is -0.465 e. The van der Waals surface area contributed by atoms with Crippen LogP contribution in [0.3, 0.4) is 0 Å². The van der Waals surface area contributed by atoms with Crippen LogP contribution in [-0.4, -0.2) is 22.5 Å². The normalized spacial score (nSPS) is 17.3. The Hall–Kier alpha value is -3.01. The highest BCUT2D eigenvalue weighted by atomic mass is 16.5. The Kier molecular flexibility index (Phi) is 3.61. The van der Waals surface area contributed by atoms with Crippen molar-refractivity contribution in [3.05, 3.63) is 71.0 Å². The van der Waals surface area contributed by atoms with E-state index in [2.05, 4.69) is 60.2 Å². The quantitative estimate of drug-likeness (QED) is 0.509. The lowest BCUT2D eigenvalue weighted by molar-refractivity contribution is -0.141. The summed E-state index contributed by atoms with van der Waals surface area (Å²) >= 11 is 0. The summed E-state index contributed by atoms with van der Waals surface area (Å²) in [6.07, 6.45) is 0.751. The predicted octanol–water partition coefficient (Wildman–Crippen LogP) is 4.96. The molecule has 4 aromatic rings. The van der Waals surface area contributed by atoms with Crippen molar-refractivity contribution in [3.8, 4) is 0 Å². The highest BCUT2D eigenvalue weighted by Gasteiger charge is 2.39. The van der Waals surface area contributed by atoms with Crippen LogP contribution in [0, 0.1) is 19.8 Å². The van der Waals surface area contributed by atoms with E-state index in [9.17, 15) is 4.79 Å². The van der Waals surface area contributed by atoms with E-state index < -0.39 is 0 Å². The van der Waals surface area contributed by atoms with Crippen molar-refractivity contribution in [2.24, 2.45) is 5.92 Å². The molecule has 2 aromatic carbocycles. The maximum atomic E-state index is 12.7. The van der Waals surface area contributed by atoms with Crippen molar-refractivity contribution < 1.29 is 9.53 Å². The van der Waals surface area contributed by atoms with E-state index in [-0.39, 0.29) is 17.8 Å². The van der Waals surface area contributed by atoms with Crippen LogP contribution in [0.5, 0.6) is 0 Å². The third-order valence-electron chi connectivity index (χ3n) is 5.89. The number of rotatable bonds is 3. The summed E-state index contributed by atoms with van der Waals surface area (Å²) in [4.78, 5) is 19.7. The molecule has 27 heavy (non-hydrogen) atoms. The second kappa shape index (κ2) is 6.02. The van der Waals surface area contributed by atoms with Crippen LogP contribution >= 0.6 is 0 Å². The summed E-state index contributed by atoms with van der Waals surface area (Å²) in [6.45, 7) is 4.71. The molecule has 0 radical (unpaired) electrons. The van der Waals surface area contributed by atoms with Crippen molar-refractivity contribution in [2.75, 3.05) is 6.61 Å². The fraction of sp³-hybridized carbons (Fsp3) is 0.261. The summed E-state index contributed by atoms with van der Waals surface area (Å²) in [5.41, 5.74) is 6.87. The third kappa shape index (κ3) is 2.40. The number of fused-ring (bicyclic) bond motifs is 2. The number of hydrogen-bond acceptors (Lipinski definition) is 2. The minimum atomic E-state index is -0.166. The molecule has 1 atom stereocenters. The Bertz CT molecular complexity index is 1090. The van der Waals surface area contributed by atoms with Gasteiger partial charge in [0.1, 0.15) is 0 Å². The number of aromatic nitrogens is 2. The summed E-state index contributed by atoms with van der Waals surface area (Å²) in [5.74, 6) is -0.289. The van der Waals surface area contributed by atoms with E-state index in [0.29, 0.717) is 6.61 Å². The van der Waals surface area contributed by atoms with Gasteiger partial charge in [-0.3, -0.25) is 4.79 Å². The number of ether oxygens (including phenoxy) is 1. The Morgan fingerprint density at radius 2 is 1.41 bits per heavy atom. The van der Waals surface area contributed by atoms with Gasteiger partial charge in [-0.25, -0.2) is 0 Å². The fourth-order valence-electron chi connectivity index (χ4n) is 4.76. The molecule has 0 spiro atoms. The number of benzene rings is 2. The lowest BCUT2D eigenvalue weighted by atomic mass is 9.77. The van der Waals surface area contributed by atoms with Crippen LogP contribution < -0.4 is 0 Å². The third-order valence-corrected chi connectivity index (χ3v) is 5.89. The van der Waals surface area contributed by atoms with E-state index in [1.807, 2.05) is 12.1 Å². The molecule has 2 N–H and O–H groups in total. The Morgan fingerprint density at radius 3 is 1.89 bits per heavy atom. The first-order chi connectivity index (χ1) is 13.1. The molecular weight excluding hydrogens is 336 g/mol. The molecule has 0 aliphatic carbocycles. The summed E-state index contributed by atoms with van der Waals surface area (Å²) in [5, 5.41) is 2.37. The van der Waals surface area contributed by atoms with Gasteiger partial charge < -0.3 is 14.7 Å². The Morgan fingerprint density at radius 1 is 0.889 bits per heavy atom. The standard InChI is InChI=1S/C23H22N2O2/c1-13-20(15-7-3-5-9-18(15)24-13)22(17-11-12-27-23(17)26)21-14(2)25-19-10-6-4-8-16(19)21/h3-10,17,22,24-25H,11-12H2,1-2H3. The van der Waals surface area contributed by atoms with Crippen LogP contribution in [0.15, 0.2) is 48.5 Å². The van der Waals surface area contributed by atoms with Gasteiger partial charge in [0.2, 0.25) is 0 Å². The molecule has 1 fully saturated rings. The molecule has 0 saturated carbocycles. The molecule has 1 saturated heterocycles. The number of carbonyl (C=O) groups is 1. The lowest BCUT2D eigenvalue weighted by Crippen LogP contribution is -2.20. The molecule has 4 heteroatoms. The van der Waals surface area contributed by atoms with Crippen molar-refractivity contribution in [1.82, 2.24) is 9.97 Å². The molecule has 4 nitrogen and oxygen atoms in total. The maximum Gasteiger partial charge on any atom is 0.310 e. The number of para-hydroxylation sites is 2. The number of nitrogens with one attached hydrogen (secondary N) is 2. The first-order valence-electron chi connectivity index (χ1n) is 9.46. The number of esters is 1. The topological polar surface area (TPSA) is 57.9 Å². The van der Waals surface area contributed by atoms with E-state index in [1.54, 1.807) is 0 Å². The van der Waals surface area contributed by atoms with Gasteiger partial charge in [0.05, 0.1) is 12.5 Å². The molecule has 136 valence electrons. The first kappa shape index (κ1) is 16.2. The van der Waals surface area contributed by atoms with Gasteiger partial charge in [-0.2, -0.15) is 0 Å². The SMILES string of the molecule is Cc1[nH]c2ccccc2c1C(c1c(C)[nH]c2ccccc12)C1CCOC1=O. The van der Waals surface area contributed by atoms with Gasteiger partial charge in [-0.15, -0.1) is 0 Å². The van der Waals surface area contributed by atoms with Gasteiger partial charge in [0.15, 0.2) is 0 Å². The average Bonchev–Trinajstić information content (AvgIpc) is 3.32. The van der Waals surface area contributed by atoms with E-state index in [0.717, 1.165) is 28.8 Å². The number of aromatic amines is 2. The average molecular weight is 358 g/mol. The first-order valence-corrected chi connectivity index (χ1v) is 9.46. The van der Waals surface area contributed by atoms with Gasteiger partial charge >= 0.3 is 5.97 Å². The molecule has 1 aliphatic heterocycles. The largest absolute Gasteiger partial charge is 0.465 e. The van der Waals surface area contributed by atoms with Crippen LogP contribution in [-0.2, 0) is 9.53 Å². The van der Waals surface area contributed by atoms with Gasteiger partial charge in [-0.05, 0) is 43.5 Å². The number of H-pyrrole nitrogens is 2. The Balaban J connectivity index is 1.83. The van der Waals surface area contributed by atoms with E-state index >= 15 is 0 Å². The lowest BCUT2D eigenvalue weighted by Gasteiger charge is -2.23. The molecule has 0 bridgehead atoms. The fourth-order valence-corrected chi connectivity index (χ4v) is 4.76. The van der Waals surface area contributed by atoms with Crippen molar-refractivity contribution in [1.29, 1.82) is 0 Å². The van der Waals surface area contributed by atoms with Crippen molar-refractivity contribution in [3.63, 3.8) is 0 Å². The van der Waals surface area contributed by atoms with Crippen molar-refractivity contribution in [2.45, 2.75) is 26.2 Å². The van der Waals surface area contributed by atoms with Crippen LogP contribution in [0.2, 0.25) is 0 Å². The second-order valence-electron chi connectivity index (χ2n) is 7.46. The summed E-state index contributed by atoms with van der Waals surface area (Å²) < 4.78 is 5.39. The molecule has 1 aliphatic rings. The van der Waals surface area contributed by atoms with Gasteiger partial charge in [0.25, 0.3) is 0 Å². The number of hydrogen-bond donors (Lipinski definition) is 2. The van der Waals surface area contributed by atoms with Crippen LogP contribution in [0.1, 0.15) is 34.9 Å². The molecule has 5 rings (SSSR count). The van der Waals surface area contributed by atoms with Gasteiger partial charge in [-0.1, -0.05) is 36.4 Å². The molecule has 2 aromatic heterocycles. The minimum absolute atomic E-state index is 0.0349. The molecule has 1 unspecified atom stereocenters. The number of carbonyl (C=O) groups excluding carboxylic acids is 1. The van der Waals surface area contributed by atoms with E-state index in [1.165, 1.54) is 21.9 Å². The number of aryl methyl sites for hydroxylation is 2. The van der Waals surface area contributed by atoms with Crippen LogP contribution in [0.4, 0.5) is 0 Å². The molecular formula is C23H22N2O2. The zero-order valence-electron chi connectivity index (χ0n) is 15.5. The smallest absolute Gasteiger partial charge is 0.310 e. The molecule has 0 amide bonds. The maximum absolute atomic E-state index is 12.7. The van der Waals surface area contributed by atoms with Gasteiger partial charge in [0, 0.05) is 39.1 Å². The molecule has 3 heterocycles. The monoisotopic (exact) mass is 358 g/mol. The summed E-state index contributed by atoms with van der Waals surface area (Å²) in [7, 11) is 0. The van der Waals surface area contributed by atoms with Crippen molar-refractivity contribution >= 4 is 27.8 Å². The van der Waals surface area contributed by atoms with Crippen LogP contribution in [0.25, 0.3) is 21.8 Å².